The molecule has 5 aromatic rings. The van der Waals surface area contributed by atoms with E-state index in [0.717, 1.165) is 39.8 Å². The van der Waals surface area contributed by atoms with Crippen molar-refractivity contribution in [3.63, 3.8) is 0 Å². The average molecular weight is 576 g/mol. The number of benzene rings is 5. The van der Waals surface area contributed by atoms with Gasteiger partial charge in [-0.05, 0) is 70.6 Å². The van der Waals surface area contributed by atoms with Gasteiger partial charge in [0, 0.05) is 39.0 Å². The number of halogens is 2. The zero-order valence-corrected chi connectivity index (χ0v) is 23.8. The quantitative estimate of drug-likeness (QED) is 0.161. The van der Waals surface area contributed by atoms with Crippen molar-refractivity contribution in [2.24, 2.45) is 10.9 Å². The van der Waals surface area contributed by atoms with Crippen molar-refractivity contribution in [1.29, 1.82) is 0 Å². The topological polar surface area (TPSA) is 33.6 Å². The first-order valence-corrected chi connectivity index (χ1v) is 14.6. The smallest absolute Gasteiger partial charge is 0.129 e. The van der Waals surface area contributed by atoms with Gasteiger partial charge in [0.15, 0.2) is 0 Å². The van der Waals surface area contributed by atoms with Gasteiger partial charge < -0.3 is 10.1 Å². The normalized spacial score (nSPS) is 19.2. The van der Waals surface area contributed by atoms with Gasteiger partial charge in [0.1, 0.15) is 12.4 Å². The lowest BCUT2D eigenvalue weighted by Gasteiger charge is -2.37. The lowest BCUT2D eigenvalue weighted by molar-refractivity contribution is 0.306. The monoisotopic (exact) mass is 574 g/mol. The molecule has 0 fully saturated rings. The Labute approximate surface area is 250 Å². The molecule has 0 spiro atoms. The predicted octanol–water partition coefficient (Wildman–Crippen LogP) is 10.3. The molecule has 1 aliphatic carbocycles. The largest absolute Gasteiger partial charge is 0.488 e. The minimum absolute atomic E-state index is 0.265. The van der Waals surface area contributed by atoms with Crippen LogP contribution in [0, 0.1) is 5.92 Å². The number of nitrogens with one attached hydrogen (secondary N) is 1. The highest BCUT2D eigenvalue weighted by Gasteiger charge is 2.37. The second-order valence-electron chi connectivity index (χ2n) is 10.6. The van der Waals surface area contributed by atoms with E-state index in [1.807, 2.05) is 36.5 Å². The molecular formula is C36H28Cl2N2O. The fraction of sp³-hybridized carbons (Fsp3) is 0.139. The Morgan fingerprint density at radius 3 is 2.59 bits per heavy atom. The molecule has 1 N–H and O–H groups in total. The number of nitrogens with zero attached hydrogens (tertiary/aromatic N) is 1. The van der Waals surface area contributed by atoms with Gasteiger partial charge in [-0.2, -0.15) is 0 Å². The van der Waals surface area contributed by atoms with Crippen LogP contribution in [0.3, 0.4) is 0 Å². The van der Waals surface area contributed by atoms with E-state index in [4.69, 9.17) is 32.9 Å². The van der Waals surface area contributed by atoms with Gasteiger partial charge in [0.25, 0.3) is 0 Å². The number of hydrogen-bond acceptors (Lipinski definition) is 3. The van der Waals surface area contributed by atoms with E-state index in [0.29, 0.717) is 28.5 Å². The van der Waals surface area contributed by atoms with E-state index in [9.17, 15) is 0 Å². The first-order chi connectivity index (χ1) is 20.1. The number of rotatable bonds is 6. The number of hydrogen-bond donors (Lipinski definition) is 1. The van der Waals surface area contributed by atoms with Crippen molar-refractivity contribution >= 4 is 51.6 Å². The van der Waals surface area contributed by atoms with Crippen molar-refractivity contribution in [1.82, 2.24) is 0 Å². The summed E-state index contributed by atoms with van der Waals surface area (Å²) in [6.07, 6.45) is 7.69. The number of aliphatic imine (C=N–C) groups is 1. The van der Waals surface area contributed by atoms with Gasteiger partial charge in [0.2, 0.25) is 0 Å². The Kier molecular flexibility index (Phi) is 7.00. The lowest BCUT2D eigenvalue weighted by Crippen LogP contribution is -2.28. The predicted molar refractivity (Wildman–Crippen MR) is 171 cm³/mol. The molecule has 0 saturated heterocycles. The Hall–Kier alpha value is -4.05. The van der Waals surface area contributed by atoms with E-state index < -0.39 is 0 Å². The van der Waals surface area contributed by atoms with Crippen molar-refractivity contribution in [2.75, 3.05) is 5.32 Å². The third kappa shape index (κ3) is 5.12. The molecule has 202 valence electrons. The van der Waals surface area contributed by atoms with Crippen LogP contribution < -0.4 is 10.1 Å². The van der Waals surface area contributed by atoms with Crippen LogP contribution in [0.2, 0.25) is 10.0 Å². The van der Waals surface area contributed by atoms with Crippen LogP contribution in [0.25, 0.3) is 10.8 Å². The number of fused-ring (bicyclic) bond motifs is 4. The van der Waals surface area contributed by atoms with E-state index in [-0.39, 0.29) is 6.04 Å². The molecule has 0 bridgehead atoms. The van der Waals surface area contributed by atoms with Crippen molar-refractivity contribution < 1.29 is 4.74 Å². The van der Waals surface area contributed by atoms with E-state index in [1.54, 1.807) is 6.07 Å². The van der Waals surface area contributed by atoms with Crippen LogP contribution in [-0.4, -0.2) is 6.21 Å². The molecule has 41 heavy (non-hydrogen) atoms. The maximum atomic E-state index is 6.40. The molecule has 3 nitrogen and oxygen atoms in total. The molecule has 0 saturated carbocycles. The molecule has 0 radical (unpaired) electrons. The molecule has 5 heteroatoms. The summed E-state index contributed by atoms with van der Waals surface area (Å²) in [5, 5.41) is 7.21. The molecule has 2 aliphatic rings. The summed E-state index contributed by atoms with van der Waals surface area (Å²) in [7, 11) is 0. The van der Waals surface area contributed by atoms with Gasteiger partial charge in [0.05, 0.1) is 11.7 Å². The minimum atomic E-state index is 0.265. The lowest BCUT2D eigenvalue weighted by atomic mass is 9.77. The third-order valence-electron chi connectivity index (χ3n) is 8.20. The molecule has 0 aromatic heterocycles. The summed E-state index contributed by atoms with van der Waals surface area (Å²) < 4.78 is 6.27. The fourth-order valence-corrected chi connectivity index (χ4v) is 6.57. The highest BCUT2D eigenvalue weighted by atomic mass is 35.5. The van der Waals surface area contributed by atoms with Crippen LogP contribution in [0.1, 0.15) is 40.6 Å². The number of allylic oxidation sites excluding steroid dienone is 2. The molecule has 0 unspecified atom stereocenters. The first-order valence-electron chi connectivity index (χ1n) is 13.9. The van der Waals surface area contributed by atoms with Gasteiger partial charge in [-0.25, -0.2) is 0 Å². The number of ether oxygens (including phenoxy) is 1. The van der Waals surface area contributed by atoms with Crippen LogP contribution >= 0.6 is 23.2 Å². The van der Waals surface area contributed by atoms with E-state index in [1.165, 1.54) is 16.8 Å². The fourth-order valence-electron chi connectivity index (χ4n) is 6.11. The Morgan fingerprint density at radius 1 is 0.878 bits per heavy atom. The molecule has 1 aliphatic heterocycles. The summed E-state index contributed by atoms with van der Waals surface area (Å²) in [5.41, 5.74) is 6.62. The Balaban J connectivity index is 1.15. The number of anilines is 1. The summed E-state index contributed by atoms with van der Waals surface area (Å²) in [6.45, 7) is 0.332. The minimum Gasteiger partial charge on any atom is -0.488 e. The van der Waals surface area contributed by atoms with Gasteiger partial charge in [-0.1, -0.05) is 102 Å². The van der Waals surface area contributed by atoms with Gasteiger partial charge in [-0.15, -0.1) is 0 Å². The zero-order chi connectivity index (χ0) is 27.8. The molecule has 3 atom stereocenters. The average Bonchev–Trinajstić information content (AvgIpc) is 3.50. The zero-order valence-electron chi connectivity index (χ0n) is 22.3. The second kappa shape index (κ2) is 11.1. The standard InChI is InChI=1S/C36H28Cl2N2O/c37-26-16-12-25(33(38)20-26)22-41-35-19-15-23-6-1-2-7-28(23)32(35)21-39-27-17-13-24(14-18-27)36-31-10-5-9-29(31)30-8-3-4-11-34(30)40-36/h1-9,11-21,29,31,36,40H,10,22H2/t29-,31+,36-/m0/s1. The molecule has 5 aromatic carbocycles. The van der Waals surface area contributed by atoms with Gasteiger partial charge >= 0.3 is 0 Å². The second-order valence-corrected chi connectivity index (χ2v) is 11.5. The van der Waals surface area contributed by atoms with E-state index >= 15 is 0 Å². The van der Waals surface area contributed by atoms with Crippen LogP contribution in [0.4, 0.5) is 11.4 Å². The maximum absolute atomic E-state index is 6.40. The molecular weight excluding hydrogens is 547 g/mol. The summed E-state index contributed by atoms with van der Waals surface area (Å²) >= 11 is 12.5. The van der Waals surface area contributed by atoms with Gasteiger partial charge in [-0.3, -0.25) is 4.99 Å². The first kappa shape index (κ1) is 25.9. The van der Waals surface area contributed by atoms with Crippen molar-refractivity contribution in [3.05, 3.63) is 148 Å². The highest BCUT2D eigenvalue weighted by molar-refractivity contribution is 6.35. The Morgan fingerprint density at radius 2 is 1.71 bits per heavy atom. The summed E-state index contributed by atoms with van der Waals surface area (Å²) in [6, 6.07) is 35.3. The Bertz CT molecular complexity index is 1790. The maximum Gasteiger partial charge on any atom is 0.129 e. The van der Waals surface area contributed by atoms with Crippen LogP contribution in [0.15, 0.2) is 120 Å². The molecule has 7 rings (SSSR count). The molecule has 1 heterocycles. The van der Waals surface area contributed by atoms with Crippen LogP contribution in [-0.2, 0) is 6.61 Å². The van der Waals surface area contributed by atoms with Crippen molar-refractivity contribution in [2.45, 2.75) is 25.0 Å². The van der Waals surface area contributed by atoms with E-state index in [2.05, 4.69) is 84.2 Å². The number of para-hydroxylation sites is 1. The third-order valence-corrected chi connectivity index (χ3v) is 8.78. The van der Waals surface area contributed by atoms with Crippen molar-refractivity contribution in [3.8, 4) is 5.75 Å². The summed E-state index contributed by atoms with van der Waals surface area (Å²) in [5.74, 6) is 1.73. The van der Waals surface area contributed by atoms with Crippen LogP contribution in [0.5, 0.6) is 5.75 Å². The summed E-state index contributed by atoms with van der Waals surface area (Å²) in [4.78, 5) is 4.88. The SMILES string of the molecule is Clc1ccc(COc2ccc3ccccc3c2C=Nc2ccc([C@@H]3Nc4ccccc4[C@@H]4C=CC[C@H]43)cc2)c(Cl)c1. The molecule has 0 amide bonds. The highest BCUT2D eigenvalue weighted by Crippen LogP contribution is 2.49.